The normalized spacial score (nSPS) is 12.4. The Bertz CT molecular complexity index is 477. The highest BCUT2D eigenvalue weighted by Gasteiger charge is 2.13. The fourth-order valence-corrected chi connectivity index (χ4v) is 4.60. The third kappa shape index (κ3) is 29.5. The van der Waals surface area contributed by atoms with Gasteiger partial charge in [-0.3, -0.25) is 4.79 Å². The maximum absolute atomic E-state index is 12.1. The second-order valence-electron chi connectivity index (χ2n) is 10.9. The number of hydrogen-bond donors (Lipinski definition) is 1. The van der Waals surface area contributed by atoms with Crippen LogP contribution >= 0.6 is 0 Å². The molecule has 0 spiro atoms. The van der Waals surface area contributed by atoms with E-state index in [4.69, 9.17) is 9.47 Å². The lowest BCUT2D eigenvalue weighted by atomic mass is 10.0. The molecule has 0 aromatic heterocycles. The van der Waals surface area contributed by atoms with Crippen molar-refractivity contribution in [2.75, 3.05) is 19.8 Å². The van der Waals surface area contributed by atoms with Crippen LogP contribution in [0.3, 0.4) is 0 Å². The third-order valence-electron chi connectivity index (χ3n) is 7.09. The Kier molecular flexibility index (Phi) is 30.6. The van der Waals surface area contributed by atoms with Gasteiger partial charge in [-0.15, -0.1) is 0 Å². The van der Waals surface area contributed by atoms with E-state index in [0.29, 0.717) is 19.6 Å². The van der Waals surface area contributed by atoms with Gasteiger partial charge in [0.2, 0.25) is 0 Å². The molecule has 4 heteroatoms. The van der Waals surface area contributed by atoms with E-state index in [9.17, 15) is 9.90 Å². The maximum atomic E-state index is 12.1. The van der Waals surface area contributed by atoms with Crippen LogP contribution < -0.4 is 0 Å². The fraction of sp³-hybridized carbons (Fsp3) is 0.909. The van der Waals surface area contributed by atoms with Gasteiger partial charge in [0.05, 0.1) is 13.2 Å². The first-order chi connectivity index (χ1) is 18.2. The molecule has 0 saturated heterocycles. The van der Waals surface area contributed by atoms with E-state index in [1.807, 2.05) is 0 Å². The van der Waals surface area contributed by atoms with Crippen LogP contribution in [0.25, 0.3) is 0 Å². The van der Waals surface area contributed by atoms with Gasteiger partial charge in [-0.25, -0.2) is 0 Å². The standard InChI is InChI=1S/C33H64O4/c1-3-5-7-9-11-13-15-17-18-20-22-24-26-28-33(35)37-32(30-34)31-36-29-27-25-23-21-19-16-14-12-10-8-6-4-2/h10,12,32,34H,3-9,11,13-31H2,1-2H3/b12-10-. The Hall–Kier alpha value is -0.870. The molecule has 1 unspecified atom stereocenters. The number of rotatable bonds is 30. The zero-order valence-electron chi connectivity index (χ0n) is 25.0. The summed E-state index contributed by atoms with van der Waals surface area (Å²) in [5.74, 6) is -0.203. The van der Waals surface area contributed by atoms with Crippen LogP contribution in [0.5, 0.6) is 0 Å². The molecule has 0 heterocycles. The van der Waals surface area contributed by atoms with E-state index in [0.717, 1.165) is 19.3 Å². The van der Waals surface area contributed by atoms with Crippen molar-refractivity contribution < 1.29 is 19.4 Å². The summed E-state index contributed by atoms with van der Waals surface area (Å²) in [5.41, 5.74) is 0. The molecule has 0 bridgehead atoms. The van der Waals surface area contributed by atoms with E-state index in [1.54, 1.807) is 0 Å². The molecule has 0 radical (unpaired) electrons. The van der Waals surface area contributed by atoms with Gasteiger partial charge in [0.15, 0.2) is 0 Å². The first-order valence-corrected chi connectivity index (χ1v) is 16.3. The predicted molar refractivity (Wildman–Crippen MR) is 159 cm³/mol. The summed E-state index contributed by atoms with van der Waals surface area (Å²) in [4.78, 5) is 12.1. The molecule has 0 rings (SSSR count). The zero-order valence-corrected chi connectivity index (χ0v) is 25.0. The quantitative estimate of drug-likeness (QED) is 0.0577. The number of hydrogen-bond acceptors (Lipinski definition) is 4. The lowest BCUT2D eigenvalue weighted by Gasteiger charge is -2.15. The SMILES string of the molecule is CCCC/C=C\CCCCCCCCOCC(CO)OC(=O)CCCCCCCCCCCCCCC. The van der Waals surface area contributed by atoms with Gasteiger partial charge in [0.1, 0.15) is 6.10 Å². The van der Waals surface area contributed by atoms with E-state index >= 15 is 0 Å². The molecule has 0 aromatic rings. The minimum Gasteiger partial charge on any atom is -0.457 e. The van der Waals surface area contributed by atoms with Crippen molar-refractivity contribution in [3.8, 4) is 0 Å². The summed E-state index contributed by atoms with van der Waals surface area (Å²) in [5, 5.41) is 9.50. The van der Waals surface area contributed by atoms with Crippen LogP contribution in [0.4, 0.5) is 0 Å². The summed E-state index contributed by atoms with van der Waals surface area (Å²) < 4.78 is 11.1. The van der Waals surface area contributed by atoms with Crippen molar-refractivity contribution in [2.45, 2.75) is 174 Å². The Labute approximate surface area is 231 Å². The summed E-state index contributed by atoms with van der Waals surface area (Å²) in [6, 6.07) is 0. The number of aliphatic hydroxyl groups excluding tert-OH is 1. The molecule has 0 aromatic carbocycles. The lowest BCUT2D eigenvalue weighted by molar-refractivity contribution is -0.154. The Morgan fingerprint density at radius 3 is 1.62 bits per heavy atom. The molecule has 4 nitrogen and oxygen atoms in total. The average molecular weight is 525 g/mol. The van der Waals surface area contributed by atoms with Crippen molar-refractivity contribution in [2.24, 2.45) is 0 Å². The third-order valence-corrected chi connectivity index (χ3v) is 7.09. The first-order valence-electron chi connectivity index (χ1n) is 16.3. The number of carbonyl (C=O) groups is 1. The summed E-state index contributed by atoms with van der Waals surface area (Å²) in [7, 11) is 0. The monoisotopic (exact) mass is 524 g/mol. The van der Waals surface area contributed by atoms with Gasteiger partial charge in [0.25, 0.3) is 0 Å². The molecule has 0 fully saturated rings. The molecule has 0 aliphatic carbocycles. The number of esters is 1. The highest BCUT2D eigenvalue weighted by atomic mass is 16.6. The van der Waals surface area contributed by atoms with Gasteiger partial charge in [0, 0.05) is 13.0 Å². The van der Waals surface area contributed by atoms with Crippen LogP contribution in [0.15, 0.2) is 12.2 Å². The number of allylic oxidation sites excluding steroid dienone is 2. The molecule has 0 amide bonds. The van der Waals surface area contributed by atoms with Crippen molar-refractivity contribution in [1.82, 2.24) is 0 Å². The molecule has 1 N–H and O–H groups in total. The highest BCUT2D eigenvalue weighted by molar-refractivity contribution is 5.69. The van der Waals surface area contributed by atoms with Gasteiger partial charge >= 0.3 is 5.97 Å². The number of ether oxygens (including phenoxy) is 2. The fourth-order valence-electron chi connectivity index (χ4n) is 4.60. The second-order valence-corrected chi connectivity index (χ2v) is 10.9. The lowest BCUT2D eigenvalue weighted by Crippen LogP contribution is -2.27. The minimum absolute atomic E-state index is 0.169. The van der Waals surface area contributed by atoms with Crippen LogP contribution in [-0.4, -0.2) is 37.0 Å². The molecule has 0 saturated carbocycles. The minimum atomic E-state index is -0.528. The molecule has 1 atom stereocenters. The van der Waals surface area contributed by atoms with E-state index in [2.05, 4.69) is 26.0 Å². The average Bonchev–Trinajstić information content (AvgIpc) is 2.90. The largest absolute Gasteiger partial charge is 0.457 e. The van der Waals surface area contributed by atoms with Gasteiger partial charge in [-0.05, 0) is 32.1 Å². The Morgan fingerprint density at radius 2 is 1.08 bits per heavy atom. The Balaban J connectivity index is 3.43. The van der Waals surface area contributed by atoms with Gasteiger partial charge in [-0.1, -0.05) is 142 Å². The molecule has 37 heavy (non-hydrogen) atoms. The van der Waals surface area contributed by atoms with Crippen LogP contribution in [0, 0.1) is 0 Å². The topological polar surface area (TPSA) is 55.8 Å². The highest BCUT2D eigenvalue weighted by Crippen LogP contribution is 2.13. The maximum Gasteiger partial charge on any atom is 0.306 e. The summed E-state index contributed by atoms with van der Waals surface area (Å²) in [6.07, 6.45) is 33.8. The predicted octanol–water partition coefficient (Wildman–Crippen LogP) is 9.87. The van der Waals surface area contributed by atoms with Crippen molar-refractivity contribution in [1.29, 1.82) is 0 Å². The van der Waals surface area contributed by atoms with Crippen molar-refractivity contribution >= 4 is 5.97 Å². The first kappa shape index (κ1) is 36.1. The van der Waals surface area contributed by atoms with E-state index in [-0.39, 0.29) is 12.6 Å². The zero-order chi connectivity index (χ0) is 27.1. The summed E-state index contributed by atoms with van der Waals surface area (Å²) in [6.45, 7) is 5.31. The van der Waals surface area contributed by atoms with Crippen LogP contribution in [-0.2, 0) is 14.3 Å². The number of unbranched alkanes of at least 4 members (excludes halogenated alkanes) is 20. The van der Waals surface area contributed by atoms with Crippen molar-refractivity contribution in [3.63, 3.8) is 0 Å². The van der Waals surface area contributed by atoms with Crippen LogP contribution in [0.2, 0.25) is 0 Å². The molecule has 220 valence electrons. The Morgan fingerprint density at radius 1 is 0.622 bits per heavy atom. The van der Waals surface area contributed by atoms with Gasteiger partial charge in [-0.2, -0.15) is 0 Å². The number of aliphatic hydroxyl groups is 1. The molecular weight excluding hydrogens is 460 g/mol. The summed E-state index contributed by atoms with van der Waals surface area (Å²) >= 11 is 0. The smallest absolute Gasteiger partial charge is 0.306 e. The van der Waals surface area contributed by atoms with Crippen molar-refractivity contribution in [3.05, 3.63) is 12.2 Å². The molecular formula is C33H64O4. The van der Waals surface area contributed by atoms with E-state index in [1.165, 1.54) is 128 Å². The molecule has 0 aliphatic rings. The number of carbonyl (C=O) groups excluding carboxylic acids is 1. The molecule has 0 aliphatic heterocycles. The van der Waals surface area contributed by atoms with Crippen LogP contribution in [0.1, 0.15) is 168 Å². The second kappa shape index (κ2) is 31.3. The van der Waals surface area contributed by atoms with E-state index < -0.39 is 6.10 Å². The van der Waals surface area contributed by atoms with Gasteiger partial charge < -0.3 is 14.6 Å².